The van der Waals surface area contributed by atoms with Gasteiger partial charge in [0.2, 0.25) is 0 Å². The molecule has 0 unspecified atom stereocenters. The lowest BCUT2D eigenvalue weighted by Gasteiger charge is -1.93. The highest BCUT2D eigenvalue weighted by molar-refractivity contribution is 5.35. The van der Waals surface area contributed by atoms with Crippen LogP contribution < -0.4 is 4.74 Å². The Hall–Kier alpha value is -1.80. The number of hydrogen-bond acceptors (Lipinski definition) is 2. The lowest BCUT2D eigenvalue weighted by Crippen LogP contribution is -1.85. The van der Waals surface area contributed by atoms with Gasteiger partial charge in [0.05, 0.1) is 19.8 Å². The van der Waals surface area contributed by atoms with Gasteiger partial charge in [-0.15, -0.1) is 0 Å². The summed E-state index contributed by atoms with van der Waals surface area (Å²) in [7, 11) is 0. The van der Waals surface area contributed by atoms with Gasteiger partial charge in [-0.2, -0.15) is 0 Å². The fraction of sp³-hybridized carbons (Fsp3) is 0.250. The molecule has 2 heteroatoms. The van der Waals surface area contributed by atoms with Gasteiger partial charge in [0.1, 0.15) is 5.75 Å². The van der Waals surface area contributed by atoms with Crippen molar-refractivity contribution in [2.75, 3.05) is 6.61 Å². The zero-order chi connectivity index (χ0) is 12.2. The van der Waals surface area contributed by atoms with Crippen LogP contribution in [-0.4, -0.2) is 6.61 Å². The zero-order valence-electron chi connectivity index (χ0n) is 10.3. The smallest absolute Gasteiger partial charge is 0.122 e. The second-order valence-corrected chi connectivity index (χ2v) is 4.47. The summed E-state index contributed by atoms with van der Waals surface area (Å²) in [6.45, 7) is 2.46. The third-order valence-electron chi connectivity index (χ3n) is 3.24. The van der Waals surface area contributed by atoms with Crippen LogP contribution in [0.15, 0.2) is 48.5 Å². The van der Waals surface area contributed by atoms with E-state index in [-0.39, 0.29) is 0 Å². The fourth-order valence-electron chi connectivity index (χ4n) is 2.23. The van der Waals surface area contributed by atoms with Gasteiger partial charge in [0.25, 0.3) is 0 Å². The Morgan fingerprint density at radius 3 is 2.00 bits per heavy atom. The molecule has 0 atom stereocenters. The lowest BCUT2D eigenvalue weighted by atomic mass is 10.1. The van der Waals surface area contributed by atoms with E-state index in [0.717, 1.165) is 32.0 Å². The highest BCUT2D eigenvalue weighted by Gasteiger charge is 2.08. The summed E-state index contributed by atoms with van der Waals surface area (Å²) in [5, 5.41) is 0. The summed E-state index contributed by atoms with van der Waals surface area (Å²) in [4.78, 5) is 0. The molecule has 0 N–H and O–H groups in total. The van der Waals surface area contributed by atoms with Gasteiger partial charge in [0, 0.05) is 6.42 Å². The molecule has 0 aromatic heterocycles. The van der Waals surface area contributed by atoms with E-state index in [1.807, 2.05) is 30.3 Å². The molecule has 4 rings (SSSR count). The van der Waals surface area contributed by atoms with Crippen molar-refractivity contribution in [2.45, 2.75) is 19.6 Å². The molecule has 0 saturated carbocycles. The molecule has 0 aliphatic carbocycles. The van der Waals surface area contributed by atoms with Crippen molar-refractivity contribution in [3.8, 4) is 5.75 Å². The Morgan fingerprint density at radius 2 is 1.33 bits per heavy atom. The largest absolute Gasteiger partial charge is 0.493 e. The van der Waals surface area contributed by atoms with Crippen molar-refractivity contribution in [2.24, 2.45) is 0 Å². The maximum Gasteiger partial charge on any atom is 0.122 e. The van der Waals surface area contributed by atoms with E-state index in [1.165, 1.54) is 16.7 Å². The minimum Gasteiger partial charge on any atom is -0.493 e. The fourth-order valence-corrected chi connectivity index (χ4v) is 2.23. The van der Waals surface area contributed by atoms with Crippen LogP contribution >= 0.6 is 0 Å². The second kappa shape index (κ2) is 5.23. The Morgan fingerprint density at radius 1 is 0.722 bits per heavy atom. The molecule has 2 aliphatic heterocycles. The molecule has 0 amide bonds. The van der Waals surface area contributed by atoms with E-state index in [9.17, 15) is 0 Å². The van der Waals surface area contributed by atoms with Crippen LogP contribution in [0.3, 0.4) is 0 Å². The van der Waals surface area contributed by atoms with E-state index in [0.29, 0.717) is 0 Å². The molecule has 0 spiro atoms. The summed E-state index contributed by atoms with van der Waals surface area (Å²) in [5.41, 5.74) is 4.03. The van der Waals surface area contributed by atoms with Gasteiger partial charge < -0.3 is 9.47 Å². The minimum absolute atomic E-state index is 0.802. The average molecular weight is 240 g/mol. The van der Waals surface area contributed by atoms with Crippen LogP contribution in [0, 0.1) is 0 Å². The molecule has 2 nitrogen and oxygen atoms in total. The first kappa shape index (κ1) is 11.3. The Bertz CT molecular complexity index is 439. The van der Waals surface area contributed by atoms with Crippen molar-refractivity contribution >= 4 is 0 Å². The molecular formula is C16H16O2. The van der Waals surface area contributed by atoms with Crippen molar-refractivity contribution in [3.63, 3.8) is 0 Å². The van der Waals surface area contributed by atoms with Crippen molar-refractivity contribution < 1.29 is 9.47 Å². The van der Waals surface area contributed by atoms with Gasteiger partial charge >= 0.3 is 0 Å². The van der Waals surface area contributed by atoms with Crippen LogP contribution in [0.2, 0.25) is 0 Å². The molecule has 92 valence electrons. The quantitative estimate of drug-likeness (QED) is 0.703. The molecule has 0 radical (unpaired) electrons. The van der Waals surface area contributed by atoms with Crippen molar-refractivity contribution in [1.29, 1.82) is 0 Å². The average Bonchev–Trinajstić information content (AvgIpc) is 3.08. The van der Waals surface area contributed by atoms with Crippen LogP contribution in [0.25, 0.3) is 0 Å². The van der Waals surface area contributed by atoms with Crippen molar-refractivity contribution in [1.82, 2.24) is 0 Å². The molecule has 0 bridgehead atoms. The number of hydrogen-bond donors (Lipinski definition) is 0. The molecule has 0 fully saturated rings. The Balaban J connectivity index is 0.000000111. The van der Waals surface area contributed by atoms with Crippen LogP contribution in [0.4, 0.5) is 0 Å². The first-order chi connectivity index (χ1) is 8.93. The SMILES string of the molecule is c1ccc2c(c1)CCO2.c1ccc2c(c1)COC2. The molecule has 2 aromatic carbocycles. The summed E-state index contributed by atoms with van der Waals surface area (Å²) >= 11 is 0. The predicted molar refractivity (Wildman–Crippen MR) is 70.6 cm³/mol. The normalized spacial score (nSPS) is 15.1. The van der Waals surface area contributed by atoms with Crippen LogP contribution in [0.1, 0.15) is 16.7 Å². The van der Waals surface area contributed by atoms with Gasteiger partial charge in [-0.1, -0.05) is 42.5 Å². The molecular weight excluding hydrogens is 224 g/mol. The first-order valence-corrected chi connectivity index (χ1v) is 6.29. The summed E-state index contributed by atoms with van der Waals surface area (Å²) < 4.78 is 10.5. The number of rotatable bonds is 0. The topological polar surface area (TPSA) is 18.5 Å². The van der Waals surface area contributed by atoms with E-state index >= 15 is 0 Å². The molecule has 18 heavy (non-hydrogen) atoms. The van der Waals surface area contributed by atoms with E-state index in [4.69, 9.17) is 9.47 Å². The summed E-state index contributed by atoms with van der Waals surface area (Å²) in [6.07, 6.45) is 1.08. The van der Waals surface area contributed by atoms with Gasteiger partial charge in [-0.3, -0.25) is 0 Å². The third kappa shape index (κ3) is 2.39. The van der Waals surface area contributed by atoms with Gasteiger partial charge in [0.15, 0.2) is 0 Å². The lowest BCUT2D eigenvalue weighted by molar-refractivity contribution is 0.134. The monoisotopic (exact) mass is 240 g/mol. The van der Waals surface area contributed by atoms with Gasteiger partial charge in [-0.05, 0) is 22.8 Å². The number of para-hydroxylation sites is 1. The molecule has 2 heterocycles. The Kier molecular flexibility index (Phi) is 3.29. The van der Waals surface area contributed by atoms with E-state index < -0.39 is 0 Å². The van der Waals surface area contributed by atoms with Crippen LogP contribution in [-0.2, 0) is 24.4 Å². The number of benzene rings is 2. The predicted octanol–water partition coefficient (Wildman–Crippen LogP) is 3.34. The van der Waals surface area contributed by atoms with E-state index in [2.05, 4.69) is 18.2 Å². The minimum atomic E-state index is 0.802. The standard InChI is InChI=1S/2C8H8O/c1-2-4-8-6-9-5-7(8)3-1;1-2-4-8-7(3-1)5-6-9-8/h2*1-4H,5-6H2. The summed E-state index contributed by atoms with van der Waals surface area (Å²) in [5.74, 6) is 1.07. The Labute approximate surface area is 107 Å². The second-order valence-electron chi connectivity index (χ2n) is 4.47. The molecule has 0 saturated heterocycles. The van der Waals surface area contributed by atoms with Crippen LogP contribution in [0.5, 0.6) is 5.75 Å². The third-order valence-corrected chi connectivity index (χ3v) is 3.24. The summed E-state index contributed by atoms with van der Waals surface area (Å²) in [6, 6.07) is 16.5. The maximum absolute atomic E-state index is 5.30. The van der Waals surface area contributed by atoms with Crippen molar-refractivity contribution in [3.05, 3.63) is 65.2 Å². The molecule has 2 aliphatic rings. The maximum atomic E-state index is 5.30. The van der Waals surface area contributed by atoms with E-state index in [1.54, 1.807) is 0 Å². The zero-order valence-corrected chi connectivity index (χ0v) is 10.3. The highest BCUT2D eigenvalue weighted by atomic mass is 16.5. The van der Waals surface area contributed by atoms with Gasteiger partial charge in [-0.25, -0.2) is 0 Å². The number of ether oxygens (including phenoxy) is 2. The molecule has 2 aromatic rings. The first-order valence-electron chi connectivity index (χ1n) is 6.29. The number of fused-ring (bicyclic) bond motifs is 2. The highest BCUT2D eigenvalue weighted by Crippen LogP contribution is 2.23.